The van der Waals surface area contributed by atoms with Gasteiger partial charge in [-0.15, -0.1) is 0 Å². The monoisotopic (exact) mass is 335 g/mol. The molecule has 1 N–H and O–H groups in total. The highest BCUT2D eigenvalue weighted by Crippen LogP contribution is 2.25. The lowest BCUT2D eigenvalue weighted by molar-refractivity contribution is -0.129. The van der Waals surface area contributed by atoms with E-state index in [0.29, 0.717) is 6.61 Å². The number of carbonyl (C=O) groups excluding carboxylic acids is 1. The van der Waals surface area contributed by atoms with E-state index in [4.69, 9.17) is 9.72 Å². The van der Waals surface area contributed by atoms with Crippen LogP contribution < -0.4 is 5.32 Å². The lowest BCUT2D eigenvalue weighted by Gasteiger charge is -2.21. The summed E-state index contributed by atoms with van der Waals surface area (Å²) in [6.45, 7) is 0.670. The fourth-order valence-corrected chi connectivity index (χ4v) is 3.28. The standard InChI is InChI=1S/C20H21N3O2/c1-23-17-7-3-2-6-16(17)22-19(23)14-9-11-15(12-10-14)21-20(24)18-8-4-5-13-25-18/h2-3,6-7,9-12,18H,4-5,8,13H2,1H3,(H,21,24). The Balaban J connectivity index is 1.53. The van der Waals surface area contributed by atoms with E-state index in [0.717, 1.165) is 47.4 Å². The maximum Gasteiger partial charge on any atom is 0.253 e. The Morgan fingerprint density at radius 3 is 2.68 bits per heavy atom. The minimum absolute atomic E-state index is 0.0600. The van der Waals surface area contributed by atoms with Crippen molar-refractivity contribution < 1.29 is 9.53 Å². The van der Waals surface area contributed by atoms with Gasteiger partial charge in [-0.05, 0) is 55.7 Å². The molecule has 1 unspecified atom stereocenters. The van der Waals surface area contributed by atoms with Gasteiger partial charge in [0.05, 0.1) is 11.0 Å². The fraction of sp³-hybridized carbons (Fsp3) is 0.300. The van der Waals surface area contributed by atoms with Gasteiger partial charge in [-0.1, -0.05) is 12.1 Å². The molecule has 2 aromatic carbocycles. The summed E-state index contributed by atoms with van der Waals surface area (Å²) in [6, 6.07) is 15.9. The Morgan fingerprint density at radius 1 is 1.16 bits per heavy atom. The van der Waals surface area contributed by atoms with Crippen molar-refractivity contribution in [3.63, 3.8) is 0 Å². The third-order valence-electron chi connectivity index (χ3n) is 4.67. The number of anilines is 1. The molecule has 3 aromatic rings. The van der Waals surface area contributed by atoms with E-state index in [1.807, 2.05) is 49.5 Å². The summed E-state index contributed by atoms with van der Waals surface area (Å²) in [5.41, 5.74) is 3.88. The van der Waals surface area contributed by atoms with E-state index in [1.54, 1.807) is 0 Å². The number of aryl methyl sites for hydroxylation is 1. The number of hydrogen-bond donors (Lipinski definition) is 1. The zero-order valence-electron chi connectivity index (χ0n) is 14.2. The van der Waals surface area contributed by atoms with Crippen LogP contribution in [0, 0.1) is 0 Å². The van der Waals surface area contributed by atoms with E-state index >= 15 is 0 Å². The molecule has 5 heteroatoms. The van der Waals surface area contributed by atoms with Gasteiger partial charge in [0.1, 0.15) is 11.9 Å². The van der Waals surface area contributed by atoms with Crippen LogP contribution in [-0.4, -0.2) is 28.2 Å². The Bertz CT molecular complexity index is 893. The van der Waals surface area contributed by atoms with Crippen LogP contribution in [0.4, 0.5) is 5.69 Å². The normalized spacial score (nSPS) is 17.6. The van der Waals surface area contributed by atoms with E-state index < -0.39 is 0 Å². The average molecular weight is 335 g/mol. The van der Waals surface area contributed by atoms with Crippen molar-refractivity contribution in [1.82, 2.24) is 9.55 Å². The van der Waals surface area contributed by atoms with Crippen LogP contribution in [0.15, 0.2) is 48.5 Å². The summed E-state index contributed by atoms with van der Waals surface area (Å²) < 4.78 is 7.61. The highest BCUT2D eigenvalue weighted by Gasteiger charge is 2.21. The van der Waals surface area contributed by atoms with Gasteiger partial charge in [0, 0.05) is 24.9 Å². The number of benzene rings is 2. The predicted octanol–water partition coefficient (Wildman–Crippen LogP) is 3.75. The second-order valence-corrected chi connectivity index (χ2v) is 6.40. The number of ether oxygens (including phenoxy) is 1. The van der Waals surface area contributed by atoms with E-state index in [9.17, 15) is 4.79 Å². The Hall–Kier alpha value is -2.66. The molecule has 0 radical (unpaired) electrons. The van der Waals surface area contributed by atoms with Crippen LogP contribution in [0.25, 0.3) is 22.4 Å². The summed E-state index contributed by atoms with van der Waals surface area (Å²) >= 11 is 0. The maximum atomic E-state index is 12.2. The van der Waals surface area contributed by atoms with Crippen molar-refractivity contribution in [1.29, 1.82) is 0 Å². The Kier molecular flexibility index (Phi) is 4.24. The molecule has 0 spiro atoms. The predicted molar refractivity (Wildman–Crippen MR) is 98.4 cm³/mol. The van der Waals surface area contributed by atoms with E-state index in [-0.39, 0.29) is 12.0 Å². The molecule has 25 heavy (non-hydrogen) atoms. The first kappa shape index (κ1) is 15.8. The van der Waals surface area contributed by atoms with Crippen LogP contribution >= 0.6 is 0 Å². The number of rotatable bonds is 3. The lowest BCUT2D eigenvalue weighted by atomic mass is 10.1. The van der Waals surface area contributed by atoms with Crippen LogP contribution in [0.5, 0.6) is 0 Å². The molecule has 2 heterocycles. The number of fused-ring (bicyclic) bond motifs is 1. The zero-order valence-corrected chi connectivity index (χ0v) is 14.2. The Labute approximate surface area is 146 Å². The van der Waals surface area contributed by atoms with Gasteiger partial charge < -0.3 is 14.6 Å². The molecule has 4 rings (SSSR count). The topological polar surface area (TPSA) is 56.2 Å². The molecular weight excluding hydrogens is 314 g/mol. The molecule has 128 valence electrons. The molecule has 0 saturated carbocycles. The van der Waals surface area contributed by atoms with Crippen molar-refractivity contribution >= 4 is 22.6 Å². The number of aromatic nitrogens is 2. The molecule has 5 nitrogen and oxygen atoms in total. The van der Waals surface area contributed by atoms with Gasteiger partial charge in [-0.2, -0.15) is 0 Å². The molecule has 0 bridgehead atoms. The first-order valence-electron chi connectivity index (χ1n) is 8.67. The van der Waals surface area contributed by atoms with Crippen molar-refractivity contribution in [2.75, 3.05) is 11.9 Å². The fourth-order valence-electron chi connectivity index (χ4n) is 3.28. The molecule has 1 aromatic heterocycles. The minimum Gasteiger partial charge on any atom is -0.368 e. The molecule has 1 atom stereocenters. The quantitative estimate of drug-likeness (QED) is 0.793. The zero-order chi connectivity index (χ0) is 17.2. The van der Waals surface area contributed by atoms with Crippen LogP contribution in [0.3, 0.4) is 0 Å². The second kappa shape index (κ2) is 6.69. The smallest absolute Gasteiger partial charge is 0.253 e. The number of nitrogens with zero attached hydrogens (tertiary/aromatic N) is 2. The van der Waals surface area contributed by atoms with E-state index in [1.165, 1.54) is 0 Å². The molecule has 1 saturated heterocycles. The second-order valence-electron chi connectivity index (χ2n) is 6.40. The van der Waals surface area contributed by atoms with Crippen LogP contribution in [0.1, 0.15) is 19.3 Å². The number of imidazole rings is 1. The van der Waals surface area contributed by atoms with Gasteiger partial charge >= 0.3 is 0 Å². The largest absolute Gasteiger partial charge is 0.368 e. The van der Waals surface area contributed by atoms with Gasteiger partial charge in [0.2, 0.25) is 0 Å². The first-order chi connectivity index (χ1) is 12.2. The maximum absolute atomic E-state index is 12.2. The highest BCUT2D eigenvalue weighted by molar-refractivity contribution is 5.94. The van der Waals surface area contributed by atoms with E-state index in [2.05, 4.69) is 16.0 Å². The van der Waals surface area contributed by atoms with Crippen molar-refractivity contribution in [2.45, 2.75) is 25.4 Å². The number of hydrogen-bond acceptors (Lipinski definition) is 3. The van der Waals surface area contributed by atoms with Crippen LogP contribution in [-0.2, 0) is 16.6 Å². The lowest BCUT2D eigenvalue weighted by Crippen LogP contribution is -2.33. The SMILES string of the molecule is Cn1c(-c2ccc(NC(=O)C3CCCCO3)cc2)nc2ccccc21. The number of carbonyl (C=O) groups is 1. The molecule has 1 aliphatic rings. The summed E-state index contributed by atoms with van der Waals surface area (Å²) in [6.07, 6.45) is 2.55. The third kappa shape index (κ3) is 3.15. The molecule has 1 amide bonds. The van der Waals surface area contributed by atoms with Crippen molar-refractivity contribution in [3.05, 3.63) is 48.5 Å². The minimum atomic E-state index is -0.326. The van der Waals surface area contributed by atoms with Crippen molar-refractivity contribution in [2.24, 2.45) is 7.05 Å². The van der Waals surface area contributed by atoms with Gasteiger partial charge in [0.25, 0.3) is 5.91 Å². The number of nitrogens with one attached hydrogen (secondary N) is 1. The van der Waals surface area contributed by atoms with Gasteiger partial charge in [0.15, 0.2) is 0 Å². The highest BCUT2D eigenvalue weighted by atomic mass is 16.5. The molecule has 1 aliphatic heterocycles. The van der Waals surface area contributed by atoms with Crippen LogP contribution in [0.2, 0.25) is 0 Å². The van der Waals surface area contributed by atoms with Gasteiger partial charge in [-0.25, -0.2) is 4.98 Å². The molecule has 0 aliphatic carbocycles. The summed E-state index contributed by atoms with van der Waals surface area (Å²) in [4.78, 5) is 16.9. The number of amides is 1. The number of para-hydroxylation sites is 2. The molecular formula is C20H21N3O2. The summed E-state index contributed by atoms with van der Waals surface area (Å²) in [5, 5.41) is 2.94. The van der Waals surface area contributed by atoms with Gasteiger partial charge in [-0.3, -0.25) is 4.79 Å². The first-order valence-corrected chi connectivity index (χ1v) is 8.67. The molecule has 1 fully saturated rings. The summed E-state index contributed by atoms with van der Waals surface area (Å²) in [5.74, 6) is 0.852. The van der Waals surface area contributed by atoms with Crippen molar-refractivity contribution in [3.8, 4) is 11.4 Å². The Morgan fingerprint density at radius 2 is 1.96 bits per heavy atom. The third-order valence-corrected chi connectivity index (χ3v) is 4.67. The average Bonchev–Trinajstić information content (AvgIpc) is 3.00. The summed E-state index contributed by atoms with van der Waals surface area (Å²) in [7, 11) is 2.01.